The van der Waals surface area contributed by atoms with Crippen LogP contribution in [0.1, 0.15) is 40.0 Å². The highest BCUT2D eigenvalue weighted by Gasteiger charge is 2.43. The first-order valence-corrected chi connectivity index (χ1v) is 9.22. The first-order chi connectivity index (χ1) is 7.96. The molecule has 17 heavy (non-hydrogen) atoms. The molecule has 2 unspecified atom stereocenters. The molecule has 0 bridgehead atoms. The number of rotatable bonds is 5. The van der Waals surface area contributed by atoms with Crippen LogP contribution in [-0.2, 0) is 9.84 Å². The first-order valence-electron chi connectivity index (χ1n) is 6.52. The van der Waals surface area contributed by atoms with E-state index in [9.17, 15) is 8.42 Å². The lowest BCUT2D eigenvalue weighted by Gasteiger charge is -2.35. The minimum Gasteiger partial charge on any atom is -0.314 e. The van der Waals surface area contributed by atoms with Crippen molar-refractivity contribution >= 4 is 21.6 Å². The number of nitrogens with one attached hydrogen (secondary N) is 1. The van der Waals surface area contributed by atoms with Gasteiger partial charge in [-0.3, -0.25) is 0 Å². The molecule has 0 spiro atoms. The highest BCUT2D eigenvalue weighted by atomic mass is 32.2. The Morgan fingerprint density at radius 2 is 2.06 bits per heavy atom. The minimum atomic E-state index is -2.94. The summed E-state index contributed by atoms with van der Waals surface area (Å²) in [6.07, 6.45) is 2.82. The van der Waals surface area contributed by atoms with Gasteiger partial charge in [-0.25, -0.2) is 8.42 Å². The normalized spacial score (nSPS) is 33.2. The van der Waals surface area contributed by atoms with E-state index in [4.69, 9.17) is 0 Å². The van der Waals surface area contributed by atoms with Crippen LogP contribution in [0.4, 0.5) is 0 Å². The first kappa shape index (κ1) is 15.3. The molecule has 0 amide bonds. The number of hydrogen-bond donors (Lipinski definition) is 1. The molecule has 2 atom stereocenters. The molecule has 1 heterocycles. The summed E-state index contributed by atoms with van der Waals surface area (Å²) in [6, 6.07) is 0. The molecule has 0 aromatic heterocycles. The third kappa shape index (κ3) is 3.86. The van der Waals surface area contributed by atoms with Crippen molar-refractivity contribution in [3.05, 3.63) is 0 Å². The van der Waals surface area contributed by atoms with Gasteiger partial charge in [0.1, 0.15) is 0 Å². The van der Waals surface area contributed by atoms with Gasteiger partial charge in [0.05, 0.1) is 11.0 Å². The third-order valence-electron chi connectivity index (χ3n) is 3.34. The molecule has 1 aliphatic heterocycles. The lowest BCUT2D eigenvalue weighted by Crippen LogP contribution is -2.46. The van der Waals surface area contributed by atoms with Crippen LogP contribution in [0, 0.1) is 0 Å². The highest BCUT2D eigenvalue weighted by molar-refractivity contribution is 8.02. The maximum absolute atomic E-state index is 12.3. The summed E-state index contributed by atoms with van der Waals surface area (Å²) in [5, 5.41) is 3.10. The van der Waals surface area contributed by atoms with Gasteiger partial charge in [-0.2, -0.15) is 11.8 Å². The predicted molar refractivity (Wildman–Crippen MR) is 76.5 cm³/mol. The zero-order valence-electron chi connectivity index (χ0n) is 11.2. The van der Waals surface area contributed by atoms with E-state index in [1.807, 2.05) is 11.8 Å². The van der Waals surface area contributed by atoms with Crippen LogP contribution in [0.5, 0.6) is 0 Å². The molecular formula is C12H25NO2S2. The van der Waals surface area contributed by atoms with Gasteiger partial charge in [0, 0.05) is 17.8 Å². The summed E-state index contributed by atoms with van der Waals surface area (Å²) < 4.78 is 24.5. The van der Waals surface area contributed by atoms with E-state index >= 15 is 0 Å². The zero-order chi connectivity index (χ0) is 12.9. The minimum absolute atomic E-state index is 0.165. The van der Waals surface area contributed by atoms with Crippen molar-refractivity contribution in [1.82, 2.24) is 5.32 Å². The summed E-state index contributed by atoms with van der Waals surface area (Å²) in [5.74, 6) is 1.33. The van der Waals surface area contributed by atoms with E-state index in [2.05, 4.69) is 26.1 Å². The number of hydrogen-bond acceptors (Lipinski definition) is 4. The Kier molecular flexibility index (Phi) is 5.80. The van der Waals surface area contributed by atoms with Crippen LogP contribution in [0.2, 0.25) is 0 Å². The molecule has 1 rings (SSSR count). The SMILES string of the molecule is CCCSC1(C)CNCCS(=O)(=O)C1CCC. The van der Waals surface area contributed by atoms with E-state index in [1.165, 1.54) is 0 Å². The van der Waals surface area contributed by atoms with Crippen molar-refractivity contribution in [2.75, 3.05) is 24.6 Å². The van der Waals surface area contributed by atoms with Crippen molar-refractivity contribution in [2.24, 2.45) is 0 Å². The van der Waals surface area contributed by atoms with Gasteiger partial charge in [-0.05, 0) is 25.5 Å². The van der Waals surface area contributed by atoms with E-state index in [-0.39, 0.29) is 10.00 Å². The molecule has 0 aliphatic carbocycles. The Morgan fingerprint density at radius 3 is 2.65 bits per heavy atom. The van der Waals surface area contributed by atoms with Gasteiger partial charge in [-0.15, -0.1) is 0 Å². The Balaban J connectivity index is 2.95. The van der Waals surface area contributed by atoms with Crippen molar-refractivity contribution in [3.63, 3.8) is 0 Å². The molecule has 1 fully saturated rings. The molecule has 1 N–H and O–H groups in total. The second kappa shape index (κ2) is 6.43. The Morgan fingerprint density at radius 1 is 1.35 bits per heavy atom. The van der Waals surface area contributed by atoms with Crippen molar-refractivity contribution < 1.29 is 8.42 Å². The van der Waals surface area contributed by atoms with Crippen molar-refractivity contribution in [1.29, 1.82) is 0 Å². The summed E-state index contributed by atoms with van der Waals surface area (Å²) in [7, 11) is -2.94. The fraction of sp³-hybridized carbons (Fsp3) is 1.00. The fourth-order valence-electron chi connectivity index (χ4n) is 2.41. The number of sulfone groups is 1. The summed E-state index contributed by atoms with van der Waals surface area (Å²) in [5.41, 5.74) is 0. The van der Waals surface area contributed by atoms with E-state index in [0.29, 0.717) is 12.3 Å². The van der Waals surface area contributed by atoms with Gasteiger partial charge in [0.25, 0.3) is 0 Å². The van der Waals surface area contributed by atoms with Crippen LogP contribution in [0.25, 0.3) is 0 Å². The Labute approximate surface area is 110 Å². The highest BCUT2D eigenvalue weighted by Crippen LogP contribution is 2.36. The largest absolute Gasteiger partial charge is 0.314 e. The molecule has 0 saturated carbocycles. The Bertz CT molecular complexity index is 329. The molecule has 0 aromatic rings. The quantitative estimate of drug-likeness (QED) is 0.837. The van der Waals surface area contributed by atoms with Gasteiger partial charge >= 0.3 is 0 Å². The molecule has 102 valence electrons. The molecule has 1 aliphatic rings. The molecule has 0 aromatic carbocycles. The molecule has 1 saturated heterocycles. The average molecular weight is 279 g/mol. The molecular weight excluding hydrogens is 254 g/mol. The maximum atomic E-state index is 12.3. The van der Waals surface area contributed by atoms with Gasteiger partial charge in [0.15, 0.2) is 9.84 Å². The lowest BCUT2D eigenvalue weighted by atomic mass is 10.0. The molecule has 3 nitrogen and oxygen atoms in total. The lowest BCUT2D eigenvalue weighted by molar-refractivity contribution is 0.508. The van der Waals surface area contributed by atoms with E-state index < -0.39 is 9.84 Å². The summed E-state index contributed by atoms with van der Waals surface area (Å²) in [6.45, 7) is 7.73. The molecule has 0 radical (unpaired) electrons. The van der Waals surface area contributed by atoms with Gasteiger partial charge in [-0.1, -0.05) is 20.3 Å². The summed E-state index contributed by atoms with van der Waals surface area (Å²) >= 11 is 1.82. The summed E-state index contributed by atoms with van der Waals surface area (Å²) in [4.78, 5) is 0. The smallest absolute Gasteiger partial charge is 0.155 e. The van der Waals surface area contributed by atoms with Crippen LogP contribution in [0.3, 0.4) is 0 Å². The van der Waals surface area contributed by atoms with Crippen molar-refractivity contribution in [2.45, 2.75) is 50.0 Å². The van der Waals surface area contributed by atoms with E-state index in [1.54, 1.807) is 0 Å². The van der Waals surface area contributed by atoms with Gasteiger partial charge in [0.2, 0.25) is 0 Å². The monoisotopic (exact) mass is 279 g/mol. The maximum Gasteiger partial charge on any atom is 0.155 e. The van der Waals surface area contributed by atoms with E-state index in [0.717, 1.165) is 31.6 Å². The van der Waals surface area contributed by atoms with Crippen LogP contribution >= 0.6 is 11.8 Å². The van der Waals surface area contributed by atoms with Gasteiger partial charge < -0.3 is 5.32 Å². The third-order valence-corrected chi connectivity index (χ3v) is 7.59. The van der Waals surface area contributed by atoms with Crippen LogP contribution in [-0.4, -0.2) is 43.0 Å². The fourth-order valence-corrected chi connectivity index (χ4v) is 6.39. The van der Waals surface area contributed by atoms with Crippen molar-refractivity contribution in [3.8, 4) is 0 Å². The topological polar surface area (TPSA) is 46.2 Å². The Hall–Kier alpha value is 0.260. The standard InChI is InChI=1S/C12H25NO2S2/c1-4-6-11-12(3,16-8-5-2)10-13-7-9-17(11,14)15/h11,13H,4-10H2,1-3H3. The predicted octanol–water partition coefficient (Wildman–Crippen LogP) is 2.07. The second-order valence-corrected chi connectivity index (χ2v) is 8.91. The average Bonchev–Trinajstić information content (AvgIpc) is 2.38. The zero-order valence-corrected chi connectivity index (χ0v) is 12.8. The van der Waals surface area contributed by atoms with Crippen LogP contribution < -0.4 is 5.32 Å². The number of thioether (sulfide) groups is 1. The van der Waals surface area contributed by atoms with Crippen LogP contribution in [0.15, 0.2) is 0 Å². The second-order valence-electron chi connectivity index (χ2n) is 4.98. The molecule has 5 heteroatoms.